The molecule has 0 aliphatic heterocycles. The summed E-state index contributed by atoms with van der Waals surface area (Å²) in [6, 6.07) is 13.7. The molecule has 0 fully saturated rings. The number of nitrogens with zero attached hydrogens (tertiary/aromatic N) is 2. The second-order valence-corrected chi connectivity index (χ2v) is 6.61. The molecule has 0 aliphatic rings. The number of methoxy groups -OCH3 is 3. The molecule has 0 atom stereocenters. The van der Waals surface area contributed by atoms with Crippen molar-refractivity contribution in [2.45, 2.75) is 13.8 Å². The van der Waals surface area contributed by atoms with Crippen molar-refractivity contribution >= 4 is 5.82 Å². The lowest BCUT2D eigenvalue weighted by Gasteiger charge is -2.20. The maximum atomic E-state index is 9.83. The third-order valence-electron chi connectivity index (χ3n) is 4.87. The minimum absolute atomic E-state index is 0.156. The Morgan fingerprint density at radius 2 is 1.48 bits per heavy atom. The zero-order chi connectivity index (χ0) is 21.1. The molecule has 6 nitrogen and oxygen atoms in total. The van der Waals surface area contributed by atoms with Gasteiger partial charge in [0.15, 0.2) is 0 Å². The Balaban J connectivity index is 2.41. The van der Waals surface area contributed by atoms with Crippen molar-refractivity contribution in [3.63, 3.8) is 0 Å². The van der Waals surface area contributed by atoms with E-state index in [9.17, 15) is 5.26 Å². The van der Waals surface area contributed by atoms with E-state index in [1.54, 1.807) is 33.5 Å². The summed E-state index contributed by atoms with van der Waals surface area (Å²) in [6.45, 7) is 3.94. The van der Waals surface area contributed by atoms with Gasteiger partial charge in [-0.25, -0.2) is 4.98 Å². The predicted octanol–water partition coefficient (Wildman–Crippen LogP) is 4.51. The van der Waals surface area contributed by atoms with E-state index in [2.05, 4.69) is 11.1 Å². The van der Waals surface area contributed by atoms with Gasteiger partial charge in [-0.2, -0.15) is 5.26 Å². The summed E-state index contributed by atoms with van der Waals surface area (Å²) in [4.78, 5) is 4.52. The van der Waals surface area contributed by atoms with Crippen LogP contribution in [-0.4, -0.2) is 26.3 Å². The fraction of sp³-hybridized carbons (Fsp3) is 0.217. The average molecular weight is 389 g/mol. The van der Waals surface area contributed by atoms with Crippen LogP contribution in [0.5, 0.6) is 17.2 Å². The molecule has 6 heteroatoms. The lowest BCUT2D eigenvalue weighted by Crippen LogP contribution is -2.05. The average Bonchev–Trinajstić information content (AvgIpc) is 2.74. The van der Waals surface area contributed by atoms with E-state index in [1.165, 1.54) is 0 Å². The molecule has 148 valence electrons. The molecular weight excluding hydrogens is 366 g/mol. The van der Waals surface area contributed by atoms with Crippen LogP contribution >= 0.6 is 0 Å². The summed E-state index contributed by atoms with van der Waals surface area (Å²) in [5.74, 6) is 1.77. The van der Waals surface area contributed by atoms with Gasteiger partial charge in [0.2, 0.25) is 0 Å². The zero-order valence-corrected chi connectivity index (χ0v) is 17.2. The van der Waals surface area contributed by atoms with Crippen LogP contribution in [0.3, 0.4) is 0 Å². The van der Waals surface area contributed by atoms with E-state index in [4.69, 9.17) is 19.9 Å². The molecule has 0 amide bonds. The van der Waals surface area contributed by atoms with Gasteiger partial charge in [-0.3, -0.25) is 0 Å². The van der Waals surface area contributed by atoms with Crippen molar-refractivity contribution in [2.75, 3.05) is 27.1 Å². The molecule has 0 saturated carbocycles. The summed E-state index contributed by atoms with van der Waals surface area (Å²) in [7, 11) is 4.69. The molecule has 0 radical (unpaired) electrons. The van der Waals surface area contributed by atoms with E-state index in [-0.39, 0.29) is 11.4 Å². The topological polar surface area (TPSA) is 90.4 Å². The van der Waals surface area contributed by atoms with Crippen LogP contribution in [0.1, 0.15) is 16.7 Å². The van der Waals surface area contributed by atoms with Crippen molar-refractivity contribution in [1.29, 1.82) is 5.26 Å². The fourth-order valence-electron chi connectivity index (χ4n) is 3.36. The monoisotopic (exact) mass is 389 g/mol. The van der Waals surface area contributed by atoms with Gasteiger partial charge in [-0.15, -0.1) is 0 Å². The molecule has 0 aliphatic carbocycles. The number of aryl methyl sites for hydroxylation is 1. The van der Waals surface area contributed by atoms with Crippen LogP contribution in [-0.2, 0) is 0 Å². The number of aromatic nitrogens is 1. The molecule has 1 heterocycles. The van der Waals surface area contributed by atoms with Crippen LogP contribution < -0.4 is 19.9 Å². The number of pyridine rings is 1. The highest BCUT2D eigenvalue weighted by Crippen LogP contribution is 2.46. The van der Waals surface area contributed by atoms with Gasteiger partial charge in [0.25, 0.3) is 0 Å². The number of nitriles is 1. The molecule has 2 N–H and O–H groups in total. The van der Waals surface area contributed by atoms with Crippen molar-refractivity contribution in [3.05, 3.63) is 53.1 Å². The van der Waals surface area contributed by atoms with E-state index in [0.29, 0.717) is 34.1 Å². The van der Waals surface area contributed by atoms with Crippen molar-refractivity contribution in [3.8, 4) is 45.7 Å². The molecule has 0 unspecified atom stereocenters. The van der Waals surface area contributed by atoms with E-state index >= 15 is 0 Å². The predicted molar refractivity (Wildman–Crippen MR) is 113 cm³/mol. The lowest BCUT2D eigenvalue weighted by atomic mass is 9.91. The van der Waals surface area contributed by atoms with Crippen LogP contribution in [0.4, 0.5) is 5.82 Å². The standard InChI is InChI=1S/C23H23N3O3/c1-13-6-8-15(9-7-13)22-14(2)20(17(12-24)23(25)26-22)21-18(28-4)10-16(27-3)11-19(21)29-5/h6-11H,1-5H3,(H2,25,26). The van der Waals surface area contributed by atoms with Gasteiger partial charge in [0.05, 0.1) is 32.6 Å². The van der Waals surface area contributed by atoms with Gasteiger partial charge in [-0.1, -0.05) is 29.8 Å². The van der Waals surface area contributed by atoms with Gasteiger partial charge >= 0.3 is 0 Å². The highest BCUT2D eigenvalue weighted by molar-refractivity contribution is 5.90. The number of nitrogens with two attached hydrogens (primary N) is 1. The molecule has 3 aromatic rings. The highest BCUT2D eigenvalue weighted by Gasteiger charge is 2.24. The van der Waals surface area contributed by atoms with Crippen molar-refractivity contribution in [1.82, 2.24) is 4.98 Å². The molecule has 29 heavy (non-hydrogen) atoms. The molecule has 0 saturated heterocycles. The zero-order valence-electron chi connectivity index (χ0n) is 17.2. The first-order valence-electron chi connectivity index (χ1n) is 9.02. The first-order chi connectivity index (χ1) is 13.9. The number of nitrogen functional groups attached to an aromatic ring is 1. The van der Waals surface area contributed by atoms with Gasteiger partial charge < -0.3 is 19.9 Å². The Labute approximate surface area is 170 Å². The summed E-state index contributed by atoms with van der Waals surface area (Å²) >= 11 is 0. The van der Waals surface area contributed by atoms with Crippen LogP contribution in [0.15, 0.2) is 36.4 Å². The third-order valence-corrected chi connectivity index (χ3v) is 4.87. The number of anilines is 1. The minimum Gasteiger partial charge on any atom is -0.496 e. The Bertz CT molecular complexity index is 1070. The normalized spacial score (nSPS) is 10.3. The number of hydrogen-bond donors (Lipinski definition) is 1. The van der Waals surface area contributed by atoms with E-state index < -0.39 is 0 Å². The molecule has 3 rings (SSSR count). The molecule has 0 spiro atoms. The second-order valence-electron chi connectivity index (χ2n) is 6.61. The van der Waals surface area contributed by atoms with E-state index in [1.807, 2.05) is 38.1 Å². The lowest BCUT2D eigenvalue weighted by molar-refractivity contribution is 0.377. The largest absolute Gasteiger partial charge is 0.496 e. The van der Waals surface area contributed by atoms with Gasteiger partial charge in [0, 0.05) is 23.3 Å². The van der Waals surface area contributed by atoms with E-state index in [0.717, 1.165) is 16.7 Å². The molecule has 0 bridgehead atoms. The third kappa shape index (κ3) is 3.55. The summed E-state index contributed by atoms with van der Waals surface area (Å²) in [5.41, 5.74) is 11.3. The highest BCUT2D eigenvalue weighted by atomic mass is 16.5. The number of benzene rings is 2. The number of ether oxygens (including phenoxy) is 3. The fourth-order valence-corrected chi connectivity index (χ4v) is 3.36. The summed E-state index contributed by atoms with van der Waals surface area (Å²) in [6.07, 6.45) is 0. The smallest absolute Gasteiger partial charge is 0.142 e. The van der Waals surface area contributed by atoms with Crippen molar-refractivity contribution in [2.24, 2.45) is 0 Å². The summed E-state index contributed by atoms with van der Waals surface area (Å²) < 4.78 is 16.6. The summed E-state index contributed by atoms with van der Waals surface area (Å²) in [5, 5.41) is 9.83. The Hall–Kier alpha value is -3.72. The SMILES string of the molecule is COc1cc(OC)c(-c2c(C)c(-c3ccc(C)cc3)nc(N)c2C#N)c(OC)c1. The quantitative estimate of drug-likeness (QED) is 0.690. The molecule has 2 aromatic carbocycles. The second kappa shape index (κ2) is 8.11. The van der Waals surface area contributed by atoms with Gasteiger partial charge in [0.1, 0.15) is 34.7 Å². The first-order valence-corrected chi connectivity index (χ1v) is 9.02. The minimum atomic E-state index is 0.156. The number of rotatable bonds is 5. The van der Waals surface area contributed by atoms with Crippen LogP contribution in [0.25, 0.3) is 22.4 Å². The first kappa shape index (κ1) is 20.0. The van der Waals surface area contributed by atoms with Crippen LogP contribution in [0.2, 0.25) is 0 Å². The Morgan fingerprint density at radius 1 is 0.897 bits per heavy atom. The molecule has 1 aromatic heterocycles. The maximum Gasteiger partial charge on any atom is 0.142 e. The Morgan fingerprint density at radius 3 is 1.97 bits per heavy atom. The maximum absolute atomic E-state index is 9.83. The Kier molecular flexibility index (Phi) is 5.60. The van der Waals surface area contributed by atoms with Crippen LogP contribution in [0, 0.1) is 25.2 Å². The van der Waals surface area contributed by atoms with Crippen molar-refractivity contribution < 1.29 is 14.2 Å². The van der Waals surface area contributed by atoms with Gasteiger partial charge in [-0.05, 0) is 19.4 Å². The number of hydrogen-bond acceptors (Lipinski definition) is 6. The molecular formula is C23H23N3O3.